The molecule has 0 saturated heterocycles. The molecule has 43 heavy (non-hydrogen) atoms. The molecule has 2 aromatic rings. The molecule has 2 aromatic carbocycles. The van der Waals surface area contributed by atoms with Gasteiger partial charge in [0.2, 0.25) is 23.6 Å². The second kappa shape index (κ2) is 20.4. The van der Waals surface area contributed by atoms with E-state index in [1.54, 1.807) is 42.5 Å². The number of rotatable bonds is 16. The number of amides is 4. The van der Waals surface area contributed by atoms with Crippen molar-refractivity contribution in [3.8, 4) is 5.75 Å². The first kappa shape index (κ1) is 39.5. The van der Waals surface area contributed by atoms with E-state index in [1.165, 1.54) is 12.1 Å². The predicted octanol–water partition coefficient (Wildman–Crippen LogP) is -3.44. The normalized spacial score (nSPS) is 13.0. The fourth-order valence-electron chi connectivity index (χ4n) is 3.64. The van der Waals surface area contributed by atoms with E-state index >= 15 is 0 Å². The van der Waals surface area contributed by atoms with E-state index in [9.17, 15) is 29.4 Å². The first-order chi connectivity index (χ1) is 19.5. The molecule has 0 aliphatic carbocycles. The molecule has 0 fully saturated rings. The van der Waals surface area contributed by atoms with Crippen molar-refractivity contribution in [1.29, 1.82) is 5.41 Å². The summed E-state index contributed by atoms with van der Waals surface area (Å²) in [6.45, 7) is -0.419. The van der Waals surface area contributed by atoms with Crippen molar-refractivity contribution in [2.45, 2.75) is 43.4 Å². The summed E-state index contributed by atoms with van der Waals surface area (Å²) in [4.78, 5) is 49.9. The van der Waals surface area contributed by atoms with Crippen molar-refractivity contribution in [2.75, 3.05) is 18.8 Å². The predicted molar refractivity (Wildman–Crippen MR) is 151 cm³/mol. The zero-order chi connectivity index (χ0) is 30.4. The fourth-order valence-corrected chi connectivity index (χ4v) is 3.88. The molecule has 0 heterocycles. The zero-order valence-corrected chi connectivity index (χ0v) is 26.6. The van der Waals surface area contributed by atoms with Crippen LogP contribution in [0.2, 0.25) is 0 Å². The van der Waals surface area contributed by atoms with Gasteiger partial charge in [0, 0.05) is 39.4 Å². The van der Waals surface area contributed by atoms with Crippen molar-refractivity contribution in [2.24, 2.45) is 11.5 Å². The van der Waals surface area contributed by atoms with E-state index in [1.807, 2.05) is 0 Å². The summed E-state index contributed by atoms with van der Waals surface area (Å²) in [5.74, 6) is -3.87. The second-order valence-corrected chi connectivity index (χ2v) is 9.59. The number of carbonyl (C=O) groups excluding carboxylic acids is 4. The minimum Gasteiger partial charge on any atom is -2.00 e. The molecule has 4 atom stereocenters. The van der Waals surface area contributed by atoms with Crippen molar-refractivity contribution < 1.29 is 55.3 Å². The zero-order valence-electron chi connectivity index (χ0n) is 23.0. The Hall–Kier alpha value is -3.52. The van der Waals surface area contributed by atoms with Gasteiger partial charge in [-0.05, 0) is 29.9 Å². The van der Waals surface area contributed by atoms with Crippen LogP contribution in [-0.4, -0.2) is 72.5 Å². The quantitative estimate of drug-likeness (QED) is 0.0506. The van der Waals surface area contributed by atoms with Gasteiger partial charge >= 0.3 is 0 Å². The van der Waals surface area contributed by atoms with Crippen molar-refractivity contribution >= 4 is 42.2 Å². The van der Waals surface area contributed by atoms with Crippen molar-refractivity contribution in [3.05, 3.63) is 65.7 Å². The molecule has 4 amide bonds. The van der Waals surface area contributed by atoms with Crippen LogP contribution in [0.5, 0.6) is 5.75 Å². The minimum atomic E-state index is -1.19. The SMILES string of the molecule is N=C([O-])[C@H](C[S-])NC(=O)[C@H](Cc1ccccc1)NC(=O)CNC(=O)C(N)CCNC(=O)[C@@H](N)Cc1ccc([O-])cc1.[O-2].[Re]. The van der Waals surface area contributed by atoms with Crippen LogP contribution in [0.25, 0.3) is 0 Å². The molecule has 0 aliphatic heterocycles. The Morgan fingerprint density at radius 3 is 1.98 bits per heavy atom. The van der Waals surface area contributed by atoms with Crippen LogP contribution in [0.4, 0.5) is 0 Å². The van der Waals surface area contributed by atoms with Crippen LogP contribution in [-0.2, 0) is 70.5 Å². The molecule has 0 aliphatic rings. The molecule has 0 saturated carbocycles. The van der Waals surface area contributed by atoms with Crippen LogP contribution in [0.15, 0.2) is 54.6 Å². The van der Waals surface area contributed by atoms with E-state index in [-0.39, 0.29) is 63.2 Å². The van der Waals surface area contributed by atoms with Gasteiger partial charge in [0.05, 0.1) is 18.6 Å². The topological polar surface area (TPSA) is 267 Å². The summed E-state index contributed by atoms with van der Waals surface area (Å²) in [6, 6.07) is 10.6. The van der Waals surface area contributed by atoms with E-state index in [0.717, 1.165) is 11.1 Å². The maximum Gasteiger partial charge on any atom is 0.243 e. The van der Waals surface area contributed by atoms with Crippen molar-refractivity contribution in [3.63, 3.8) is 0 Å². The number of nitrogens with one attached hydrogen (secondary N) is 5. The summed E-state index contributed by atoms with van der Waals surface area (Å²) >= 11 is 4.81. The van der Waals surface area contributed by atoms with E-state index in [2.05, 4.69) is 21.3 Å². The van der Waals surface area contributed by atoms with E-state index < -0.39 is 60.2 Å². The molecule has 9 N–H and O–H groups in total. The summed E-state index contributed by atoms with van der Waals surface area (Å²) in [7, 11) is 0. The largest absolute Gasteiger partial charge is 2.00 e. The van der Waals surface area contributed by atoms with Crippen LogP contribution >= 0.6 is 0 Å². The van der Waals surface area contributed by atoms with Gasteiger partial charge in [-0.15, -0.1) is 5.75 Å². The van der Waals surface area contributed by atoms with Gasteiger partial charge in [-0.3, -0.25) is 19.2 Å². The van der Waals surface area contributed by atoms with E-state index in [4.69, 9.17) is 29.5 Å². The van der Waals surface area contributed by atoms with Crippen molar-refractivity contribution in [1.82, 2.24) is 21.3 Å². The third-order valence-electron chi connectivity index (χ3n) is 5.96. The van der Waals surface area contributed by atoms with Gasteiger partial charge in [0.1, 0.15) is 6.04 Å². The first-order valence-corrected chi connectivity index (χ1v) is 13.4. The number of hydrogen-bond donors (Lipinski definition) is 7. The summed E-state index contributed by atoms with van der Waals surface area (Å²) in [6.07, 6.45) is 0.387. The number of carbonyl (C=O) groups is 4. The Labute approximate surface area is 268 Å². The molecule has 0 spiro atoms. The Morgan fingerprint density at radius 2 is 1.40 bits per heavy atom. The van der Waals surface area contributed by atoms with Gasteiger partial charge in [0.25, 0.3) is 0 Å². The molecule has 14 nitrogen and oxygen atoms in total. The van der Waals surface area contributed by atoms with Gasteiger partial charge in [-0.25, -0.2) is 0 Å². The number of nitrogens with two attached hydrogens (primary N) is 2. The van der Waals surface area contributed by atoms with Crippen LogP contribution in [0.3, 0.4) is 0 Å². The molecule has 0 bridgehead atoms. The third kappa shape index (κ3) is 14.5. The maximum absolute atomic E-state index is 12.8. The minimum absolute atomic E-state index is 0. The Kier molecular flexibility index (Phi) is 18.7. The van der Waals surface area contributed by atoms with Gasteiger partial charge in [-0.1, -0.05) is 54.6 Å². The summed E-state index contributed by atoms with van der Waals surface area (Å²) in [5.41, 5.74) is 13.2. The maximum atomic E-state index is 12.8. The molecule has 1 radical (unpaired) electrons. The molecular formula is C27H34N7O7ReS-5. The molecular weight excluding hydrogens is 753 g/mol. The Bertz CT molecular complexity index is 1190. The average molecular weight is 787 g/mol. The number of benzene rings is 2. The first-order valence-electron chi connectivity index (χ1n) is 12.8. The third-order valence-corrected chi connectivity index (χ3v) is 6.30. The molecule has 0 aromatic heterocycles. The van der Waals surface area contributed by atoms with Crippen LogP contribution < -0.4 is 42.9 Å². The fraction of sp³-hybridized carbons (Fsp3) is 0.370. The van der Waals surface area contributed by atoms with Crippen LogP contribution in [0.1, 0.15) is 17.5 Å². The van der Waals surface area contributed by atoms with E-state index in [0.29, 0.717) is 0 Å². The molecule has 1 unspecified atom stereocenters. The van der Waals surface area contributed by atoms with Gasteiger partial charge < -0.3 is 66.5 Å². The molecule has 16 heteroatoms. The average Bonchev–Trinajstić information content (AvgIpc) is 2.95. The number of hydrogen-bond acceptors (Lipinski definition) is 10. The standard InChI is InChI=1S/C27H37N7O6S.O.Re/c28-19(10-11-31-26(39)20(29)12-17-6-8-18(35)9-7-17)25(38)32-14-23(36)33-21(13-16-4-2-1-3-5-16)27(40)34-22(15-41)24(30)37;;/h1-9,19-22,35,41H,10-15,28-29H2,(H2,30,37)(H,31,39)(H,32,38)(H,33,36)(H,34,40);;/q;-2;/p-3/t19?,20-,21-,22-;;/m0../s1. The van der Waals surface area contributed by atoms with Gasteiger partial charge in [-0.2, -0.15) is 5.75 Å². The Morgan fingerprint density at radius 1 is 0.814 bits per heavy atom. The molecule has 2 rings (SSSR count). The van der Waals surface area contributed by atoms with Gasteiger partial charge in [0.15, 0.2) is 0 Å². The monoisotopic (exact) mass is 787 g/mol. The summed E-state index contributed by atoms with van der Waals surface area (Å²) in [5, 5.41) is 39.7. The second-order valence-electron chi connectivity index (χ2n) is 9.26. The molecule has 237 valence electrons. The Balaban J connectivity index is 0.00000882. The van der Waals surface area contributed by atoms with Crippen LogP contribution in [0, 0.1) is 5.41 Å². The summed E-state index contributed by atoms with van der Waals surface area (Å²) < 4.78 is 0. The smallest absolute Gasteiger partial charge is 0.243 e.